The van der Waals surface area contributed by atoms with Gasteiger partial charge in [-0.05, 0) is 51.4 Å². The molecule has 7 N–H and O–H groups in total. The first kappa shape index (κ1) is 33.7. The van der Waals surface area contributed by atoms with Crippen LogP contribution >= 0.6 is 0 Å². The number of epoxide rings is 1. The van der Waals surface area contributed by atoms with Crippen LogP contribution in [0, 0.1) is 23.7 Å². The normalized spacial score (nSPS) is 23.3. The first-order valence-electron chi connectivity index (χ1n) is 13.3. The van der Waals surface area contributed by atoms with Gasteiger partial charge in [0.15, 0.2) is 6.29 Å². The Morgan fingerprint density at radius 1 is 1.03 bits per heavy atom. The zero-order valence-electron chi connectivity index (χ0n) is 23.2. The monoisotopic (exact) mass is 534 g/mol. The Balaban J connectivity index is 2.92. The van der Waals surface area contributed by atoms with Gasteiger partial charge in [-0.25, -0.2) is 0 Å². The first-order valence-corrected chi connectivity index (χ1v) is 13.3. The minimum atomic E-state index is -0.970. The van der Waals surface area contributed by atoms with Crippen LogP contribution in [-0.4, -0.2) is 100.0 Å². The maximum Gasteiger partial charge on any atom is 0.217 e. The van der Waals surface area contributed by atoms with E-state index in [1.54, 1.807) is 0 Å². The maximum atomic E-state index is 11.9. The van der Waals surface area contributed by atoms with Crippen LogP contribution in [0.3, 0.4) is 0 Å². The molecule has 1 fully saturated rings. The van der Waals surface area contributed by atoms with Crippen molar-refractivity contribution in [3.63, 3.8) is 0 Å². The molecule has 2 amide bonds. The minimum absolute atomic E-state index is 0.0184. The van der Waals surface area contributed by atoms with Crippen LogP contribution in [0.4, 0.5) is 0 Å². The molecule has 1 heterocycles. The van der Waals surface area contributed by atoms with Crippen molar-refractivity contribution >= 4 is 11.8 Å². The van der Waals surface area contributed by atoms with E-state index >= 15 is 0 Å². The molecule has 0 aromatic heterocycles. The molecule has 0 aliphatic carbocycles. The number of amides is 2. The Hall–Kier alpha value is -1.34. The van der Waals surface area contributed by atoms with E-state index in [0.717, 1.165) is 0 Å². The van der Waals surface area contributed by atoms with Gasteiger partial charge in [-0.1, -0.05) is 13.8 Å². The molecule has 1 aliphatic heterocycles. The van der Waals surface area contributed by atoms with Crippen LogP contribution in [-0.2, 0) is 19.1 Å². The highest BCUT2D eigenvalue weighted by Crippen LogP contribution is 2.32. The van der Waals surface area contributed by atoms with Gasteiger partial charge < -0.3 is 45.6 Å². The van der Waals surface area contributed by atoms with Crippen molar-refractivity contribution in [1.82, 2.24) is 10.6 Å². The lowest BCUT2D eigenvalue weighted by atomic mass is 9.80. The zero-order chi connectivity index (χ0) is 28.3. The van der Waals surface area contributed by atoms with Gasteiger partial charge in [0.2, 0.25) is 11.8 Å². The number of hydrogen-bond donors (Lipinski definition) is 7. The second-order valence-electron chi connectivity index (χ2n) is 11.3. The largest absolute Gasteiger partial charge is 0.396 e. The lowest BCUT2D eigenvalue weighted by Crippen LogP contribution is -2.52. The highest BCUT2D eigenvalue weighted by molar-refractivity contribution is 5.73. The Morgan fingerprint density at radius 3 is 2.08 bits per heavy atom. The van der Waals surface area contributed by atoms with E-state index in [0.29, 0.717) is 25.7 Å². The van der Waals surface area contributed by atoms with Gasteiger partial charge in [0, 0.05) is 45.5 Å². The summed E-state index contributed by atoms with van der Waals surface area (Å²) in [6.07, 6.45) is -0.539. The molecule has 1 saturated heterocycles. The van der Waals surface area contributed by atoms with Crippen molar-refractivity contribution in [2.75, 3.05) is 26.4 Å². The molecule has 0 saturated carbocycles. The summed E-state index contributed by atoms with van der Waals surface area (Å²) in [5.41, 5.74) is -0.699. The Labute approximate surface area is 220 Å². The molecule has 0 aromatic carbocycles. The van der Waals surface area contributed by atoms with E-state index in [4.69, 9.17) is 9.47 Å². The molecule has 218 valence electrons. The molecular weight excluding hydrogens is 484 g/mol. The van der Waals surface area contributed by atoms with Crippen molar-refractivity contribution in [2.24, 2.45) is 23.7 Å². The third-order valence-electron chi connectivity index (χ3n) is 7.05. The van der Waals surface area contributed by atoms with Gasteiger partial charge in [0.25, 0.3) is 0 Å². The Morgan fingerprint density at radius 2 is 1.62 bits per heavy atom. The van der Waals surface area contributed by atoms with Crippen LogP contribution in [0.15, 0.2) is 0 Å². The van der Waals surface area contributed by atoms with Crippen molar-refractivity contribution in [2.45, 2.75) is 103 Å². The average molecular weight is 535 g/mol. The topological polar surface area (TPSA) is 181 Å². The van der Waals surface area contributed by atoms with Crippen LogP contribution in [0.5, 0.6) is 0 Å². The summed E-state index contributed by atoms with van der Waals surface area (Å²) in [6, 6.07) is -1.17. The third-order valence-corrected chi connectivity index (χ3v) is 7.05. The van der Waals surface area contributed by atoms with Gasteiger partial charge >= 0.3 is 0 Å². The van der Waals surface area contributed by atoms with E-state index in [1.807, 2.05) is 27.7 Å². The Kier molecular flexibility index (Phi) is 14.5. The van der Waals surface area contributed by atoms with E-state index in [2.05, 4.69) is 10.6 Å². The number of hydrogen-bond acceptors (Lipinski definition) is 9. The molecule has 1 rings (SSSR count). The van der Waals surface area contributed by atoms with Gasteiger partial charge in [-0.2, -0.15) is 0 Å². The number of ether oxygens (including phenoxy) is 2. The van der Waals surface area contributed by atoms with Crippen LogP contribution < -0.4 is 10.6 Å². The van der Waals surface area contributed by atoms with E-state index < -0.39 is 42.1 Å². The van der Waals surface area contributed by atoms with Gasteiger partial charge in [-0.15, -0.1) is 0 Å². The molecule has 0 radical (unpaired) electrons. The molecule has 9 unspecified atom stereocenters. The molecule has 9 atom stereocenters. The fraction of sp³-hybridized carbons (Fsp3) is 0.923. The smallest absolute Gasteiger partial charge is 0.217 e. The van der Waals surface area contributed by atoms with Crippen molar-refractivity contribution in [3.05, 3.63) is 0 Å². The predicted molar refractivity (Wildman–Crippen MR) is 137 cm³/mol. The molecular formula is C26H50N2O9. The second-order valence-corrected chi connectivity index (χ2v) is 11.3. The lowest BCUT2D eigenvalue weighted by molar-refractivity contribution is -0.122. The number of rotatable bonds is 19. The summed E-state index contributed by atoms with van der Waals surface area (Å²) >= 11 is 0. The summed E-state index contributed by atoms with van der Waals surface area (Å²) in [4.78, 5) is 23.6. The van der Waals surface area contributed by atoms with E-state index in [9.17, 15) is 35.1 Å². The standard InChI is InChI=1S/C26H50N2O9/c1-15(12-30)10-20(13-31)21(27-17(3)32)23(34)16(2)11-26(5,6)36-14-19(8-7-9-29)22(28-18(4)33)24-25(35)37-24/h15-16,19-25,29-31,34-35H,7-14H2,1-6H3,(H,27,32)(H,28,33). The number of carbonyl (C=O) groups excluding carboxylic acids is 2. The van der Waals surface area contributed by atoms with Crippen molar-refractivity contribution < 1.29 is 44.6 Å². The highest BCUT2D eigenvalue weighted by atomic mass is 16.7. The Bertz CT molecular complexity index is 693. The fourth-order valence-corrected chi connectivity index (χ4v) is 5.09. The molecule has 37 heavy (non-hydrogen) atoms. The molecule has 0 bridgehead atoms. The van der Waals surface area contributed by atoms with E-state index in [-0.39, 0.29) is 56.0 Å². The first-order chi connectivity index (χ1) is 17.3. The average Bonchev–Trinajstić information content (AvgIpc) is 3.54. The number of nitrogens with one attached hydrogen (secondary N) is 2. The summed E-state index contributed by atoms with van der Waals surface area (Å²) in [6.45, 7) is 10.1. The van der Waals surface area contributed by atoms with Crippen LogP contribution in [0.25, 0.3) is 0 Å². The number of aliphatic hydroxyl groups excluding tert-OH is 5. The van der Waals surface area contributed by atoms with Crippen molar-refractivity contribution in [1.29, 1.82) is 0 Å². The van der Waals surface area contributed by atoms with Gasteiger partial charge in [0.05, 0.1) is 30.4 Å². The molecule has 11 heteroatoms. The number of aliphatic hydroxyl groups is 5. The lowest BCUT2D eigenvalue weighted by Gasteiger charge is -2.38. The van der Waals surface area contributed by atoms with Gasteiger partial charge in [-0.3, -0.25) is 9.59 Å². The maximum absolute atomic E-state index is 11.9. The minimum Gasteiger partial charge on any atom is -0.396 e. The summed E-state index contributed by atoms with van der Waals surface area (Å²) < 4.78 is 11.5. The second kappa shape index (κ2) is 15.9. The third kappa shape index (κ3) is 11.9. The molecule has 11 nitrogen and oxygen atoms in total. The highest BCUT2D eigenvalue weighted by Gasteiger charge is 2.47. The zero-order valence-corrected chi connectivity index (χ0v) is 23.2. The molecule has 0 aromatic rings. The van der Waals surface area contributed by atoms with Crippen molar-refractivity contribution in [3.8, 4) is 0 Å². The summed E-state index contributed by atoms with van der Waals surface area (Å²) in [5.74, 6) is -1.64. The number of carbonyl (C=O) groups is 2. The SMILES string of the molecule is CC(=O)NC(C(CO)CC(C)CO)C(O)C(C)CC(C)(C)OCC(CCCO)C(NC(C)=O)C1OC1O. The molecule has 1 aliphatic rings. The quantitative estimate of drug-likeness (QED) is 0.111. The predicted octanol–water partition coefficient (Wildman–Crippen LogP) is -0.0890. The molecule has 0 spiro atoms. The summed E-state index contributed by atoms with van der Waals surface area (Å²) in [7, 11) is 0. The van der Waals surface area contributed by atoms with E-state index in [1.165, 1.54) is 13.8 Å². The van der Waals surface area contributed by atoms with Crippen LogP contribution in [0.1, 0.15) is 67.2 Å². The summed E-state index contributed by atoms with van der Waals surface area (Å²) in [5, 5.41) is 55.4. The van der Waals surface area contributed by atoms with Gasteiger partial charge in [0.1, 0.15) is 6.10 Å². The van der Waals surface area contributed by atoms with Crippen LogP contribution in [0.2, 0.25) is 0 Å². The fourth-order valence-electron chi connectivity index (χ4n) is 5.09.